The fourth-order valence-corrected chi connectivity index (χ4v) is 3.65. The maximum Gasteiger partial charge on any atom is 0.319 e. The normalized spacial score (nSPS) is 24.0. The Labute approximate surface area is 120 Å². The summed E-state index contributed by atoms with van der Waals surface area (Å²) in [5.74, 6) is 0.917. The maximum atomic E-state index is 12.4. The second kappa shape index (κ2) is 5.01. The van der Waals surface area contributed by atoms with Crippen molar-refractivity contribution in [1.29, 1.82) is 0 Å². The molecule has 0 radical (unpaired) electrons. The number of thioether (sulfide) groups is 1. The number of carbonyl (C=O) groups excluding carboxylic acids is 2. The number of esters is 1. The van der Waals surface area contributed by atoms with Gasteiger partial charge in [0.05, 0.1) is 12.4 Å². The van der Waals surface area contributed by atoms with E-state index in [1.807, 2.05) is 6.92 Å². The third-order valence-corrected chi connectivity index (χ3v) is 4.78. The lowest BCUT2D eigenvalue weighted by molar-refractivity contribution is -0.139. The maximum absolute atomic E-state index is 12.4. The molecule has 1 aromatic carbocycles. The van der Waals surface area contributed by atoms with Gasteiger partial charge >= 0.3 is 5.97 Å². The highest BCUT2D eigenvalue weighted by Gasteiger charge is 2.34. The van der Waals surface area contributed by atoms with E-state index in [1.54, 1.807) is 12.1 Å². The minimum Gasteiger partial charge on any atom is -0.468 e. The predicted octanol–water partition coefficient (Wildman–Crippen LogP) is 1.82. The zero-order valence-electron chi connectivity index (χ0n) is 11.2. The molecule has 2 aliphatic heterocycles. The van der Waals surface area contributed by atoms with Crippen LogP contribution in [0, 0.1) is 0 Å². The van der Waals surface area contributed by atoms with E-state index < -0.39 is 0 Å². The number of rotatable bonds is 1. The Hall–Kier alpha value is -1.69. The lowest BCUT2D eigenvalue weighted by Gasteiger charge is -2.13. The molecule has 0 spiro atoms. The van der Waals surface area contributed by atoms with Crippen LogP contribution in [0.15, 0.2) is 12.1 Å². The Morgan fingerprint density at radius 2 is 2.05 bits per heavy atom. The van der Waals surface area contributed by atoms with Crippen molar-refractivity contribution >= 4 is 23.5 Å². The second-order valence-electron chi connectivity index (χ2n) is 4.72. The summed E-state index contributed by atoms with van der Waals surface area (Å²) < 4.78 is 15.5. The van der Waals surface area contributed by atoms with Crippen LogP contribution in [-0.4, -0.2) is 36.2 Å². The Morgan fingerprint density at radius 3 is 2.75 bits per heavy atom. The van der Waals surface area contributed by atoms with Crippen molar-refractivity contribution in [1.82, 2.24) is 0 Å². The molecule has 0 N–H and O–H groups in total. The molecule has 20 heavy (non-hydrogen) atoms. The van der Waals surface area contributed by atoms with Crippen molar-refractivity contribution in [2.24, 2.45) is 0 Å². The average molecular weight is 294 g/mol. The van der Waals surface area contributed by atoms with E-state index in [0.717, 1.165) is 5.56 Å². The average Bonchev–Trinajstić information content (AvgIpc) is 2.86. The van der Waals surface area contributed by atoms with Crippen molar-refractivity contribution in [3.8, 4) is 11.5 Å². The monoisotopic (exact) mass is 294 g/mol. The molecule has 0 aliphatic carbocycles. The van der Waals surface area contributed by atoms with Crippen LogP contribution in [0.25, 0.3) is 0 Å². The summed E-state index contributed by atoms with van der Waals surface area (Å²) in [6, 6.07) is 3.51. The Kier molecular flexibility index (Phi) is 3.33. The van der Waals surface area contributed by atoms with E-state index in [-0.39, 0.29) is 29.0 Å². The number of fused-ring (bicyclic) bond motifs is 2. The number of ether oxygens (including phenoxy) is 3. The van der Waals surface area contributed by atoms with Crippen LogP contribution in [0.3, 0.4) is 0 Å². The second-order valence-corrected chi connectivity index (χ2v) is 6.27. The summed E-state index contributed by atoms with van der Waals surface area (Å²) in [5.41, 5.74) is 1.42. The van der Waals surface area contributed by atoms with Crippen molar-refractivity contribution in [2.75, 3.05) is 13.9 Å². The van der Waals surface area contributed by atoms with Gasteiger partial charge in [-0.2, -0.15) is 0 Å². The van der Waals surface area contributed by atoms with Crippen molar-refractivity contribution < 1.29 is 23.8 Å². The molecule has 2 atom stereocenters. The fraction of sp³-hybridized carbons (Fsp3) is 0.429. The van der Waals surface area contributed by atoms with Crippen molar-refractivity contribution in [3.63, 3.8) is 0 Å². The first-order chi connectivity index (χ1) is 9.60. The smallest absolute Gasteiger partial charge is 0.319 e. The van der Waals surface area contributed by atoms with E-state index in [1.165, 1.54) is 18.9 Å². The number of hydrogen-bond acceptors (Lipinski definition) is 6. The van der Waals surface area contributed by atoms with E-state index in [4.69, 9.17) is 14.2 Å². The van der Waals surface area contributed by atoms with Crippen LogP contribution in [0.5, 0.6) is 11.5 Å². The highest BCUT2D eigenvalue weighted by molar-refractivity contribution is 8.01. The molecule has 2 heterocycles. The Morgan fingerprint density at radius 1 is 1.35 bits per heavy atom. The highest BCUT2D eigenvalue weighted by Crippen LogP contribution is 2.39. The zero-order valence-corrected chi connectivity index (χ0v) is 12.0. The minimum absolute atomic E-state index is 0.00898. The first-order valence-electron chi connectivity index (χ1n) is 6.30. The molecular formula is C14H14O5S. The number of benzene rings is 1. The summed E-state index contributed by atoms with van der Waals surface area (Å²) in [7, 11) is 1.36. The quantitative estimate of drug-likeness (QED) is 0.736. The first kappa shape index (κ1) is 13.3. The molecular weight excluding hydrogens is 280 g/mol. The van der Waals surface area contributed by atoms with Crippen molar-refractivity contribution in [2.45, 2.75) is 23.8 Å². The van der Waals surface area contributed by atoms with E-state index in [2.05, 4.69) is 0 Å². The molecule has 0 saturated carbocycles. The molecule has 0 saturated heterocycles. The molecule has 3 rings (SSSR count). The van der Waals surface area contributed by atoms with Gasteiger partial charge in [0, 0.05) is 5.56 Å². The Balaban J connectivity index is 2.04. The minimum atomic E-state index is -0.374. The molecule has 0 unspecified atom stereocenters. The number of carbonyl (C=O) groups is 2. The molecule has 0 fully saturated rings. The van der Waals surface area contributed by atoms with Gasteiger partial charge in [-0.3, -0.25) is 9.59 Å². The number of Topliss-reactive ketones (excluding diaryl/α,β-unsaturated/α-hetero) is 1. The topological polar surface area (TPSA) is 61.8 Å². The third-order valence-electron chi connectivity index (χ3n) is 3.47. The van der Waals surface area contributed by atoms with Gasteiger partial charge in [0.25, 0.3) is 0 Å². The van der Waals surface area contributed by atoms with Crippen LogP contribution in [0.4, 0.5) is 0 Å². The standard InChI is InChI=1S/C14H14O5S/c1-7-13(15)9-5-11-10(18-6-19-11)3-8(9)4-12(20-7)14(16)17-2/h3,5,7,12H,4,6H2,1-2H3/t7-,12+/m1/s1. The van der Waals surface area contributed by atoms with E-state index in [0.29, 0.717) is 23.5 Å². The molecule has 0 bridgehead atoms. The SMILES string of the molecule is COC(=O)[C@@H]1Cc2cc3c(cc2C(=O)[C@@H](C)S1)OCO3. The highest BCUT2D eigenvalue weighted by atomic mass is 32.2. The fourth-order valence-electron chi connectivity index (χ4n) is 2.43. The lowest BCUT2D eigenvalue weighted by Crippen LogP contribution is -2.23. The van der Waals surface area contributed by atoms with Gasteiger partial charge in [-0.15, -0.1) is 11.8 Å². The van der Waals surface area contributed by atoms with Gasteiger partial charge in [0.1, 0.15) is 5.25 Å². The molecule has 0 amide bonds. The van der Waals surface area contributed by atoms with Gasteiger partial charge < -0.3 is 14.2 Å². The van der Waals surface area contributed by atoms with Crippen LogP contribution >= 0.6 is 11.8 Å². The van der Waals surface area contributed by atoms with Crippen LogP contribution in [-0.2, 0) is 16.0 Å². The third kappa shape index (κ3) is 2.14. The van der Waals surface area contributed by atoms with Crippen molar-refractivity contribution in [3.05, 3.63) is 23.3 Å². The number of ketones is 1. The number of hydrogen-bond donors (Lipinski definition) is 0. The van der Waals surface area contributed by atoms with Gasteiger partial charge in [-0.25, -0.2) is 0 Å². The summed E-state index contributed by atoms with van der Waals surface area (Å²) in [4.78, 5) is 24.2. The van der Waals surface area contributed by atoms with E-state index in [9.17, 15) is 9.59 Å². The summed E-state index contributed by atoms with van der Waals surface area (Å²) in [6.07, 6.45) is 0.458. The number of methoxy groups -OCH3 is 1. The Bertz CT molecular complexity index is 583. The molecule has 5 nitrogen and oxygen atoms in total. The van der Waals surface area contributed by atoms with Crippen LogP contribution in [0.2, 0.25) is 0 Å². The molecule has 0 aromatic heterocycles. The van der Waals surface area contributed by atoms with Gasteiger partial charge in [-0.05, 0) is 31.0 Å². The predicted molar refractivity (Wildman–Crippen MR) is 73.5 cm³/mol. The molecule has 1 aromatic rings. The van der Waals surface area contributed by atoms with Gasteiger partial charge in [0.15, 0.2) is 17.3 Å². The van der Waals surface area contributed by atoms with E-state index >= 15 is 0 Å². The summed E-state index contributed by atoms with van der Waals surface area (Å²) in [6.45, 7) is 1.97. The van der Waals surface area contributed by atoms with Crippen LogP contribution < -0.4 is 9.47 Å². The largest absolute Gasteiger partial charge is 0.468 e. The van der Waals surface area contributed by atoms with Gasteiger partial charge in [0.2, 0.25) is 6.79 Å². The first-order valence-corrected chi connectivity index (χ1v) is 7.24. The zero-order chi connectivity index (χ0) is 14.3. The molecule has 106 valence electrons. The molecule has 2 aliphatic rings. The van der Waals surface area contributed by atoms with Gasteiger partial charge in [-0.1, -0.05) is 0 Å². The summed E-state index contributed by atoms with van der Waals surface area (Å²) >= 11 is 1.34. The lowest BCUT2D eigenvalue weighted by atomic mass is 9.97. The van der Waals surface area contributed by atoms with Crippen LogP contribution in [0.1, 0.15) is 22.8 Å². The molecule has 6 heteroatoms. The summed E-state index contributed by atoms with van der Waals surface area (Å²) in [5, 5.41) is -0.665.